The molecule has 2 rings (SSSR count). The van der Waals surface area contributed by atoms with E-state index in [0.717, 1.165) is 11.8 Å². The van der Waals surface area contributed by atoms with E-state index in [1.54, 1.807) is 0 Å². The monoisotopic (exact) mass is 326 g/mol. The van der Waals surface area contributed by atoms with Crippen LogP contribution in [0.15, 0.2) is 23.4 Å². The fourth-order valence-electron chi connectivity index (χ4n) is 1.38. The molecule has 1 aromatic heterocycles. The number of thioether (sulfide) groups is 1. The average molecular weight is 327 g/mol. The Hall–Kier alpha value is -1.48. The van der Waals surface area contributed by atoms with Crippen molar-refractivity contribution in [1.29, 1.82) is 0 Å². The number of rotatable bonds is 3. The number of nitrogens with two attached hydrogens (primary N) is 1. The third-order valence-electron chi connectivity index (χ3n) is 2.33. The Morgan fingerprint density at radius 1 is 1.30 bits per heavy atom. The summed E-state index contributed by atoms with van der Waals surface area (Å²) in [5, 5.41) is 6.28. The molecule has 0 spiro atoms. The number of nitrogen functional groups attached to an aromatic ring is 1. The predicted molar refractivity (Wildman–Crippen MR) is 66.1 cm³/mol. The van der Waals surface area contributed by atoms with Crippen molar-refractivity contribution in [2.75, 3.05) is 5.84 Å². The summed E-state index contributed by atoms with van der Waals surface area (Å²) >= 11 is 6.61. The first kappa shape index (κ1) is 14.9. The third kappa shape index (κ3) is 2.98. The topological polar surface area (TPSA) is 56.7 Å². The fourth-order valence-corrected chi connectivity index (χ4v) is 2.58. The Balaban J connectivity index is 2.18. The van der Waals surface area contributed by atoms with Crippen LogP contribution in [0.5, 0.6) is 0 Å². The van der Waals surface area contributed by atoms with Gasteiger partial charge >= 0.3 is 6.18 Å². The van der Waals surface area contributed by atoms with Gasteiger partial charge in [0, 0.05) is 16.3 Å². The van der Waals surface area contributed by atoms with Gasteiger partial charge in [-0.05, 0) is 12.1 Å². The Morgan fingerprint density at radius 3 is 2.55 bits per heavy atom. The van der Waals surface area contributed by atoms with Gasteiger partial charge in [0.2, 0.25) is 5.16 Å². The third-order valence-corrected chi connectivity index (χ3v) is 3.65. The first-order chi connectivity index (χ1) is 9.30. The summed E-state index contributed by atoms with van der Waals surface area (Å²) in [6.45, 7) is 0. The molecule has 1 heterocycles. The number of alkyl halides is 3. The zero-order valence-corrected chi connectivity index (χ0v) is 11.2. The van der Waals surface area contributed by atoms with Gasteiger partial charge in [-0.15, -0.1) is 10.2 Å². The molecule has 108 valence electrons. The van der Waals surface area contributed by atoms with Crippen LogP contribution in [-0.2, 0) is 11.9 Å². The lowest BCUT2D eigenvalue weighted by Gasteiger charge is -2.07. The minimum atomic E-state index is -4.70. The summed E-state index contributed by atoms with van der Waals surface area (Å²) < 4.78 is 51.2. The first-order valence-corrected chi connectivity index (χ1v) is 6.50. The Morgan fingerprint density at radius 2 is 2.00 bits per heavy atom. The molecule has 0 aliphatic rings. The molecule has 2 aromatic rings. The van der Waals surface area contributed by atoms with Crippen LogP contribution in [-0.4, -0.2) is 14.9 Å². The first-order valence-electron chi connectivity index (χ1n) is 5.14. The second kappa shape index (κ2) is 5.49. The van der Waals surface area contributed by atoms with Gasteiger partial charge < -0.3 is 5.84 Å². The Kier molecular flexibility index (Phi) is 4.09. The van der Waals surface area contributed by atoms with Crippen LogP contribution in [0.25, 0.3) is 0 Å². The molecular formula is C10H7ClF4N4S. The van der Waals surface area contributed by atoms with E-state index in [-0.39, 0.29) is 21.5 Å². The van der Waals surface area contributed by atoms with Gasteiger partial charge in [0.1, 0.15) is 5.82 Å². The maximum atomic E-state index is 13.5. The standard InChI is InChI=1S/C10H7ClF4N4S/c11-6-2-1-3-7(12)5(6)4-20-9-18-17-8(19(9)16)10(13,14)15/h1-3H,4,16H2. The van der Waals surface area contributed by atoms with Crippen LogP contribution in [0.2, 0.25) is 5.02 Å². The van der Waals surface area contributed by atoms with Gasteiger partial charge in [-0.2, -0.15) is 13.2 Å². The largest absolute Gasteiger partial charge is 0.453 e. The molecule has 2 N–H and O–H groups in total. The Labute approximate surface area is 119 Å². The average Bonchev–Trinajstić information content (AvgIpc) is 2.70. The van der Waals surface area contributed by atoms with Crippen molar-refractivity contribution in [3.05, 3.63) is 40.4 Å². The van der Waals surface area contributed by atoms with Crippen molar-refractivity contribution < 1.29 is 17.6 Å². The summed E-state index contributed by atoms with van der Waals surface area (Å²) in [6, 6.07) is 4.12. The zero-order valence-electron chi connectivity index (χ0n) is 9.66. The quantitative estimate of drug-likeness (QED) is 0.535. The highest BCUT2D eigenvalue weighted by atomic mass is 35.5. The highest BCUT2D eigenvalue weighted by Crippen LogP contribution is 2.31. The number of aromatic nitrogens is 3. The highest BCUT2D eigenvalue weighted by molar-refractivity contribution is 7.98. The van der Waals surface area contributed by atoms with Crippen molar-refractivity contribution in [3.8, 4) is 0 Å². The summed E-state index contributed by atoms with van der Waals surface area (Å²) in [6.07, 6.45) is -4.70. The second-order valence-electron chi connectivity index (χ2n) is 3.66. The molecule has 0 fully saturated rings. The predicted octanol–water partition coefficient (Wildman–Crippen LogP) is 3.10. The lowest BCUT2D eigenvalue weighted by molar-refractivity contribution is -0.146. The molecule has 0 aliphatic carbocycles. The van der Waals surface area contributed by atoms with E-state index in [1.165, 1.54) is 18.2 Å². The number of hydrogen-bond donors (Lipinski definition) is 1. The van der Waals surface area contributed by atoms with Crippen LogP contribution in [0.3, 0.4) is 0 Å². The normalized spacial score (nSPS) is 11.8. The van der Waals surface area contributed by atoms with E-state index >= 15 is 0 Å². The fraction of sp³-hybridized carbons (Fsp3) is 0.200. The van der Waals surface area contributed by atoms with E-state index in [9.17, 15) is 17.6 Å². The van der Waals surface area contributed by atoms with E-state index in [4.69, 9.17) is 17.4 Å². The molecule has 0 unspecified atom stereocenters. The number of nitrogens with zero attached hydrogens (tertiary/aromatic N) is 3. The summed E-state index contributed by atoms with van der Waals surface area (Å²) in [5.41, 5.74) is 0.163. The van der Waals surface area contributed by atoms with E-state index < -0.39 is 17.8 Å². The summed E-state index contributed by atoms with van der Waals surface area (Å²) in [4.78, 5) is 0. The lowest BCUT2D eigenvalue weighted by atomic mass is 10.2. The molecular weight excluding hydrogens is 320 g/mol. The van der Waals surface area contributed by atoms with Crippen LogP contribution < -0.4 is 5.84 Å². The molecule has 0 radical (unpaired) electrons. The maximum absolute atomic E-state index is 13.5. The number of benzene rings is 1. The van der Waals surface area contributed by atoms with Crippen molar-refractivity contribution in [3.63, 3.8) is 0 Å². The Bertz CT molecular complexity index is 608. The van der Waals surface area contributed by atoms with Crippen LogP contribution >= 0.6 is 23.4 Å². The number of halogens is 5. The van der Waals surface area contributed by atoms with Crippen LogP contribution in [0.4, 0.5) is 17.6 Å². The van der Waals surface area contributed by atoms with Gasteiger partial charge in [-0.25, -0.2) is 9.07 Å². The van der Waals surface area contributed by atoms with Gasteiger partial charge in [0.25, 0.3) is 5.82 Å². The summed E-state index contributed by atoms with van der Waals surface area (Å²) in [7, 11) is 0. The zero-order chi connectivity index (χ0) is 14.9. The maximum Gasteiger partial charge on any atom is 0.453 e. The molecule has 0 amide bonds. The molecule has 0 saturated carbocycles. The van der Waals surface area contributed by atoms with Crippen molar-refractivity contribution in [2.24, 2.45) is 0 Å². The van der Waals surface area contributed by atoms with E-state index in [0.29, 0.717) is 4.68 Å². The molecule has 0 bridgehead atoms. The van der Waals surface area contributed by atoms with E-state index in [2.05, 4.69) is 10.2 Å². The highest BCUT2D eigenvalue weighted by Gasteiger charge is 2.38. The smallest absolute Gasteiger partial charge is 0.335 e. The molecule has 0 aliphatic heterocycles. The molecule has 0 saturated heterocycles. The van der Waals surface area contributed by atoms with Gasteiger partial charge in [-0.3, -0.25) is 0 Å². The number of hydrogen-bond acceptors (Lipinski definition) is 4. The lowest BCUT2D eigenvalue weighted by Crippen LogP contribution is -2.21. The molecule has 20 heavy (non-hydrogen) atoms. The van der Waals surface area contributed by atoms with Crippen LogP contribution in [0.1, 0.15) is 11.4 Å². The molecule has 0 atom stereocenters. The molecule has 1 aromatic carbocycles. The second-order valence-corrected chi connectivity index (χ2v) is 5.01. The van der Waals surface area contributed by atoms with Crippen LogP contribution in [0, 0.1) is 5.82 Å². The SMILES string of the molecule is Nn1c(SCc2c(F)cccc2Cl)nnc1C(F)(F)F. The van der Waals surface area contributed by atoms with Crippen molar-refractivity contribution in [2.45, 2.75) is 17.1 Å². The molecule has 4 nitrogen and oxygen atoms in total. The molecule has 10 heteroatoms. The summed E-state index contributed by atoms with van der Waals surface area (Å²) in [5.74, 6) is 3.37. The van der Waals surface area contributed by atoms with Gasteiger partial charge in [0.15, 0.2) is 0 Å². The minimum absolute atomic E-state index is 0.0152. The van der Waals surface area contributed by atoms with Gasteiger partial charge in [0.05, 0.1) is 0 Å². The van der Waals surface area contributed by atoms with Crippen molar-refractivity contribution >= 4 is 23.4 Å². The van der Waals surface area contributed by atoms with Crippen molar-refractivity contribution in [1.82, 2.24) is 14.9 Å². The van der Waals surface area contributed by atoms with Gasteiger partial charge in [-0.1, -0.05) is 29.4 Å². The van der Waals surface area contributed by atoms with E-state index in [1.807, 2.05) is 0 Å². The minimum Gasteiger partial charge on any atom is -0.335 e.